The summed E-state index contributed by atoms with van der Waals surface area (Å²) in [4.78, 5) is 16.9. The van der Waals surface area contributed by atoms with Gasteiger partial charge >= 0.3 is 6.18 Å². The second kappa shape index (κ2) is 10.8. The summed E-state index contributed by atoms with van der Waals surface area (Å²) in [6, 6.07) is 11.0. The third-order valence-electron chi connectivity index (χ3n) is 5.81. The number of rotatable bonds is 9. The SMILES string of the molecule is CNc1cc(-c2ccc(F)c(Cl)c2)nc(C(CNC(=O)c2ccc(OC3CC3)c(OC)c2)C(F)(F)F)c1. The van der Waals surface area contributed by atoms with Gasteiger partial charge in [0.25, 0.3) is 5.91 Å². The van der Waals surface area contributed by atoms with Gasteiger partial charge in [0, 0.05) is 30.4 Å². The smallest absolute Gasteiger partial charge is 0.398 e. The molecule has 37 heavy (non-hydrogen) atoms. The van der Waals surface area contributed by atoms with E-state index in [2.05, 4.69) is 15.6 Å². The topological polar surface area (TPSA) is 72.5 Å². The highest BCUT2D eigenvalue weighted by Gasteiger charge is 2.42. The largest absolute Gasteiger partial charge is 0.493 e. The molecule has 1 amide bonds. The van der Waals surface area contributed by atoms with Crippen molar-refractivity contribution in [2.75, 3.05) is 26.0 Å². The molecule has 1 unspecified atom stereocenters. The van der Waals surface area contributed by atoms with Gasteiger partial charge in [-0.05, 0) is 61.4 Å². The Labute approximate surface area is 215 Å². The predicted molar refractivity (Wildman–Crippen MR) is 132 cm³/mol. The van der Waals surface area contributed by atoms with Gasteiger partial charge in [-0.25, -0.2) is 4.39 Å². The Balaban J connectivity index is 1.58. The van der Waals surface area contributed by atoms with Crippen molar-refractivity contribution in [1.29, 1.82) is 0 Å². The van der Waals surface area contributed by atoms with Crippen molar-refractivity contribution in [2.45, 2.75) is 31.0 Å². The fourth-order valence-electron chi connectivity index (χ4n) is 3.63. The molecular formula is C26H24ClF4N3O3. The summed E-state index contributed by atoms with van der Waals surface area (Å²) < 4.78 is 67.0. The zero-order valence-electron chi connectivity index (χ0n) is 20.0. The Hall–Kier alpha value is -3.53. The fourth-order valence-corrected chi connectivity index (χ4v) is 3.82. The van der Waals surface area contributed by atoms with E-state index in [0.29, 0.717) is 22.7 Å². The minimum absolute atomic E-state index is 0.109. The van der Waals surface area contributed by atoms with E-state index in [1.807, 2.05) is 0 Å². The van der Waals surface area contributed by atoms with Crippen LogP contribution in [0.15, 0.2) is 48.5 Å². The second-order valence-electron chi connectivity index (χ2n) is 8.53. The average Bonchev–Trinajstić information content (AvgIpc) is 3.69. The molecule has 4 rings (SSSR count). The number of hydrogen-bond donors (Lipinski definition) is 2. The molecule has 0 aliphatic heterocycles. The number of amides is 1. The Kier molecular flexibility index (Phi) is 7.77. The van der Waals surface area contributed by atoms with E-state index in [-0.39, 0.29) is 28.1 Å². The predicted octanol–water partition coefficient (Wildman–Crippen LogP) is 6.21. The molecule has 1 saturated carbocycles. The fraction of sp³-hybridized carbons (Fsp3) is 0.308. The van der Waals surface area contributed by atoms with Crippen LogP contribution >= 0.6 is 11.6 Å². The number of nitrogens with one attached hydrogen (secondary N) is 2. The molecule has 1 aliphatic carbocycles. The first-order valence-corrected chi connectivity index (χ1v) is 11.8. The van der Waals surface area contributed by atoms with Crippen LogP contribution in [0, 0.1) is 5.82 Å². The van der Waals surface area contributed by atoms with Gasteiger partial charge in [-0.1, -0.05) is 11.6 Å². The molecule has 6 nitrogen and oxygen atoms in total. The molecule has 2 aromatic carbocycles. The van der Waals surface area contributed by atoms with Crippen LogP contribution in [0.3, 0.4) is 0 Å². The first kappa shape index (κ1) is 26.5. The number of nitrogens with zero attached hydrogens (tertiary/aromatic N) is 1. The van der Waals surface area contributed by atoms with Crippen molar-refractivity contribution < 1.29 is 31.8 Å². The van der Waals surface area contributed by atoms with Gasteiger partial charge in [-0.3, -0.25) is 9.78 Å². The molecule has 2 N–H and O–H groups in total. The van der Waals surface area contributed by atoms with Crippen molar-refractivity contribution in [1.82, 2.24) is 10.3 Å². The number of carbonyl (C=O) groups excluding carboxylic acids is 1. The van der Waals surface area contributed by atoms with Crippen LogP contribution in [0.1, 0.15) is 34.8 Å². The molecule has 1 heterocycles. The Morgan fingerprint density at radius 2 is 1.89 bits per heavy atom. The first-order valence-electron chi connectivity index (χ1n) is 11.4. The molecule has 0 bridgehead atoms. The molecule has 0 spiro atoms. The number of ether oxygens (including phenoxy) is 2. The third-order valence-corrected chi connectivity index (χ3v) is 6.10. The van der Waals surface area contributed by atoms with E-state index in [1.54, 1.807) is 13.1 Å². The Morgan fingerprint density at radius 3 is 2.51 bits per heavy atom. The number of alkyl halides is 3. The maximum absolute atomic E-state index is 14.1. The Bertz CT molecular complexity index is 1300. The van der Waals surface area contributed by atoms with Gasteiger partial charge in [-0.2, -0.15) is 13.2 Å². The number of anilines is 1. The lowest BCUT2D eigenvalue weighted by Crippen LogP contribution is -2.35. The van der Waals surface area contributed by atoms with Gasteiger partial charge in [-0.15, -0.1) is 0 Å². The summed E-state index contributed by atoms with van der Waals surface area (Å²) in [5.74, 6) is -2.69. The molecule has 0 radical (unpaired) electrons. The Morgan fingerprint density at radius 1 is 1.14 bits per heavy atom. The van der Waals surface area contributed by atoms with Gasteiger partial charge in [0.05, 0.1) is 29.6 Å². The van der Waals surface area contributed by atoms with Crippen molar-refractivity contribution in [3.8, 4) is 22.8 Å². The molecule has 3 aromatic rings. The molecule has 1 atom stereocenters. The summed E-state index contributed by atoms with van der Waals surface area (Å²) in [5, 5.41) is 4.98. The quantitative estimate of drug-likeness (QED) is 0.318. The van der Waals surface area contributed by atoms with Crippen LogP contribution in [0.25, 0.3) is 11.3 Å². The van der Waals surface area contributed by atoms with Gasteiger partial charge in [0.15, 0.2) is 11.5 Å². The number of hydrogen-bond acceptors (Lipinski definition) is 5. The number of halogens is 5. The maximum Gasteiger partial charge on any atom is 0.398 e. The van der Waals surface area contributed by atoms with E-state index >= 15 is 0 Å². The van der Waals surface area contributed by atoms with E-state index in [9.17, 15) is 22.4 Å². The molecular weight excluding hydrogens is 514 g/mol. The van der Waals surface area contributed by atoms with Crippen LogP contribution in [0.5, 0.6) is 11.5 Å². The van der Waals surface area contributed by atoms with E-state index in [4.69, 9.17) is 21.1 Å². The maximum atomic E-state index is 14.1. The lowest BCUT2D eigenvalue weighted by Gasteiger charge is -2.22. The van der Waals surface area contributed by atoms with Crippen LogP contribution < -0.4 is 20.1 Å². The molecule has 11 heteroatoms. The van der Waals surface area contributed by atoms with Crippen LogP contribution in [-0.2, 0) is 0 Å². The van der Waals surface area contributed by atoms with E-state index < -0.39 is 30.4 Å². The average molecular weight is 538 g/mol. The lowest BCUT2D eigenvalue weighted by atomic mass is 10.0. The van der Waals surface area contributed by atoms with Crippen molar-refractivity contribution >= 4 is 23.2 Å². The molecule has 0 saturated heterocycles. The van der Waals surface area contributed by atoms with Gasteiger partial charge < -0.3 is 20.1 Å². The van der Waals surface area contributed by atoms with Crippen molar-refractivity contribution in [3.05, 3.63) is 70.6 Å². The standard InChI is InChI=1S/C26H24ClF4N3O3/c1-32-16-11-21(14-3-7-20(28)19(27)9-14)34-22(12-16)18(26(29,30)31)13-33-25(35)15-4-8-23(24(10-15)36-2)37-17-5-6-17/h3-4,7-12,17-18H,5-6,13H2,1-2H3,(H,32,34)(H,33,35). The number of carbonyl (C=O) groups is 1. The minimum Gasteiger partial charge on any atom is -0.493 e. The molecule has 1 fully saturated rings. The number of methoxy groups -OCH3 is 1. The monoisotopic (exact) mass is 537 g/mol. The highest BCUT2D eigenvalue weighted by atomic mass is 35.5. The normalized spacial score (nSPS) is 14.1. The molecule has 1 aliphatic rings. The highest BCUT2D eigenvalue weighted by Crippen LogP contribution is 2.37. The lowest BCUT2D eigenvalue weighted by molar-refractivity contribution is -0.149. The summed E-state index contributed by atoms with van der Waals surface area (Å²) in [5.41, 5.74) is 0.674. The highest BCUT2D eigenvalue weighted by molar-refractivity contribution is 6.31. The first-order chi connectivity index (χ1) is 17.6. The van der Waals surface area contributed by atoms with Gasteiger partial charge in [0.1, 0.15) is 11.7 Å². The summed E-state index contributed by atoms with van der Waals surface area (Å²) in [6.07, 6.45) is -2.74. The van der Waals surface area contributed by atoms with Crippen molar-refractivity contribution in [2.24, 2.45) is 0 Å². The zero-order chi connectivity index (χ0) is 26.7. The zero-order valence-corrected chi connectivity index (χ0v) is 20.7. The molecule has 1 aromatic heterocycles. The number of aromatic nitrogens is 1. The van der Waals surface area contributed by atoms with Crippen LogP contribution in [0.2, 0.25) is 5.02 Å². The summed E-state index contributed by atoms with van der Waals surface area (Å²) in [6.45, 7) is -0.755. The van der Waals surface area contributed by atoms with Crippen molar-refractivity contribution in [3.63, 3.8) is 0 Å². The van der Waals surface area contributed by atoms with E-state index in [1.165, 1.54) is 43.5 Å². The summed E-state index contributed by atoms with van der Waals surface area (Å²) in [7, 11) is 2.97. The minimum atomic E-state index is -4.72. The summed E-state index contributed by atoms with van der Waals surface area (Å²) >= 11 is 5.85. The van der Waals surface area contributed by atoms with Crippen LogP contribution in [-0.4, -0.2) is 43.9 Å². The third kappa shape index (κ3) is 6.43. The van der Waals surface area contributed by atoms with Crippen LogP contribution in [0.4, 0.5) is 23.2 Å². The molecule has 196 valence electrons. The second-order valence-corrected chi connectivity index (χ2v) is 8.94. The number of pyridine rings is 1. The van der Waals surface area contributed by atoms with E-state index in [0.717, 1.165) is 18.9 Å². The number of benzene rings is 2. The van der Waals surface area contributed by atoms with Gasteiger partial charge in [0.2, 0.25) is 0 Å².